The molecule has 0 bridgehead atoms. The van der Waals surface area contributed by atoms with Gasteiger partial charge in [0.05, 0.1) is 19.2 Å². The number of benzene rings is 1. The monoisotopic (exact) mass is 380 g/mol. The van der Waals surface area contributed by atoms with Crippen LogP contribution in [0.1, 0.15) is 37.0 Å². The summed E-state index contributed by atoms with van der Waals surface area (Å²) < 4.78 is 5.19. The Bertz CT molecular complexity index is 694. The fourth-order valence-electron chi connectivity index (χ4n) is 3.14. The SMILES string of the molecule is COc1ccc(-c2ccc(CNC(=O)C3(N)CCCCC3)s2)cc1.Cl. The average Bonchev–Trinajstić information content (AvgIpc) is 3.09. The van der Waals surface area contributed by atoms with Crippen molar-refractivity contribution in [2.24, 2.45) is 5.73 Å². The van der Waals surface area contributed by atoms with Crippen LogP contribution in [0.5, 0.6) is 5.75 Å². The average molecular weight is 381 g/mol. The number of hydrogen-bond acceptors (Lipinski definition) is 4. The lowest BCUT2D eigenvalue weighted by molar-refractivity contribution is -0.127. The van der Waals surface area contributed by atoms with Crippen molar-refractivity contribution in [3.63, 3.8) is 0 Å². The van der Waals surface area contributed by atoms with Crippen LogP contribution in [-0.4, -0.2) is 18.6 Å². The van der Waals surface area contributed by atoms with Crippen molar-refractivity contribution >= 4 is 29.7 Å². The Morgan fingerprint density at radius 3 is 2.48 bits per heavy atom. The van der Waals surface area contributed by atoms with Crippen molar-refractivity contribution < 1.29 is 9.53 Å². The fourth-order valence-corrected chi connectivity index (χ4v) is 4.09. The van der Waals surface area contributed by atoms with Crippen LogP contribution in [-0.2, 0) is 11.3 Å². The Morgan fingerprint density at radius 2 is 1.84 bits per heavy atom. The summed E-state index contributed by atoms with van der Waals surface area (Å²) in [4.78, 5) is 14.7. The summed E-state index contributed by atoms with van der Waals surface area (Å²) in [5.41, 5.74) is 6.75. The molecule has 1 heterocycles. The Kier molecular flexibility index (Phi) is 6.87. The van der Waals surface area contributed by atoms with E-state index >= 15 is 0 Å². The second kappa shape index (κ2) is 8.70. The first-order valence-electron chi connectivity index (χ1n) is 8.41. The summed E-state index contributed by atoms with van der Waals surface area (Å²) in [7, 11) is 1.66. The molecular weight excluding hydrogens is 356 g/mol. The molecule has 3 rings (SSSR count). The fraction of sp³-hybridized carbons (Fsp3) is 0.421. The first-order chi connectivity index (χ1) is 11.6. The number of hydrogen-bond donors (Lipinski definition) is 2. The van der Waals surface area contributed by atoms with Gasteiger partial charge >= 0.3 is 0 Å². The molecule has 1 aliphatic carbocycles. The molecular formula is C19H25ClN2O2S. The number of thiophene rings is 1. The third-order valence-electron chi connectivity index (χ3n) is 4.66. The Balaban J connectivity index is 0.00000225. The highest BCUT2D eigenvalue weighted by Gasteiger charge is 2.34. The molecule has 0 atom stereocenters. The number of carbonyl (C=O) groups excluding carboxylic acids is 1. The van der Waals surface area contributed by atoms with Gasteiger partial charge in [-0.3, -0.25) is 4.79 Å². The number of rotatable bonds is 5. The zero-order valence-corrected chi connectivity index (χ0v) is 16.1. The highest BCUT2D eigenvalue weighted by molar-refractivity contribution is 7.15. The van der Waals surface area contributed by atoms with Crippen LogP contribution in [0.25, 0.3) is 10.4 Å². The van der Waals surface area contributed by atoms with Gasteiger partial charge in [-0.2, -0.15) is 0 Å². The molecule has 1 fully saturated rings. The van der Waals surface area contributed by atoms with Crippen LogP contribution < -0.4 is 15.8 Å². The van der Waals surface area contributed by atoms with Crippen molar-refractivity contribution in [1.29, 1.82) is 0 Å². The van der Waals surface area contributed by atoms with E-state index in [1.54, 1.807) is 18.4 Å². The van der Waals surface area contributed by atoms with Gasteiger partial charge in [0.15, 0.2) is 0 Å². The highest BCUT2D eigenvalue weighted by atomic mass is 35.5. The van der Waals surface area contributed by atoms with Crippen molar-refractivity contribution in [3.8, 4) is 16.2 Å². The van der Waals surface area contributed by atoms with E-state index in [1.807, 2.05) is 24.3 Å². The molecule has 1 saturated carbocycles. The van der Waals surface area contributed by atoms with E-state index in [2.05, 4.69) is 17.4 Å². The summed E-state index contributed by atoms with van der Waals surface area (Å²) in [6, 6.07) is 12.2. The van der Waals surface area contributed by atoms with Crippen molar-refractivity contribution in [1.82, 2.24) is 5.32 Å². The molecule has 136 valence electrons. The number of methoxy groups -OCH3 is 1. The topological polar surface area (TPSA) is 64.3 Å². The lowest BCUT2D eigenvalue weighted by Crippen LogP contribution is -2.54. The number of amides is 1. The third-order valence-corrected chi connectivity index (χ3v) is 5.79. The summed E-state index contributed by atoms with van der Waals surface area (Å²) in [5.74, 6) is 0.838. The Morgan fingerprint density at radius 1 is 1.16 bits per heavy atom. The standard InChI is InChI=1S/C19H24N2O2S.ClH/c1-23-15-7-5-14(6-8-15)17-10-9-16(24-17)13-21-18(22)19(20)11-3-2-4-12-19;/h5-10H,2-4,11-13,20H2,1H3,(H,21,22);1H. The van der Waals surface area contributed by atoms with E-state index in [1.165, 1.54) is 11.3 Å². The maximum Gasteiger partial charge on any atom is 0.240 e. The van der Waals surface area contributed by atoms with Gasteiger partial charge in [-0.15, -0.1) is 23.7 Å². The quantitative estimate of drug-likeness (QED) is 0.819. The molecule has 1 amide bonds. The Hall–Kier alpha value is -1.56. The van der Waals surface area contributed by atoms with E-state index in [-0.39, 0.29) is 18.3 Å². The second-order valence-corrected chi connectivity index (χ2v) is 7.56. The molecule has 1 aliphatic rings. The van der Waals surface area contributed by atoms with Gasteiger partial charge in [0, 0.05) is 9.75 Å². The predicted molar refractivity (Wildman–Crippen MR) is 105 cm³/mol. The molecule has 0 unspecified atom stereocenters. The number of nitrogens with one attached hydrogen (secondary N) is 1. The van der Waals surface area contributed by atoms with E-state index in [9.17, 15) is 4.79 Å². The van der Waals surface area contributed by atoms with Crippen LogP contribution in [0.15, 0.2) is 36.4 Å². The molecule has 3 N–H and O–H groups in total. The first kappa shape index (κ1) is 19.8. The van der Waals surface area contributed by atoms with Gasteiger partial charge in [0.25, 0.3) is 0 Å². The molecule has 0 radical (unpaired) electrons. The summed E-state index contributed by atoms with van der Waals surface area (Å²) >= 11 is 1.69. The first-order valence-corrected chi connectivity index (χ1v) is 9.23. The van der Waals surface area contributed by atoms with Gasteiger partial charge in [-0.1, -0.05) is 19.3 Å². The van der Waals surface area contributed by atoms with Crippen LogP contribution in [0, 0.1) is 0 Å². The Labute approximate surface area is 159 Å². The lowest BCUT2D eigenvalue weighted by atomic mass is 9.82. The maximum atomic E-state index is 12.4. The van der Waals surface area contributed by atoms with Crippen molar-refractivity contribution in [2.75, 3.05) is 7.11 Å². The second-order valence-electron chi connectivity index (χ2n) is 6.39. The van der Waals surface area contributed by atoms with E-state index in [0.717, 1.165) is 41.9 Å². The van der Waals surface area contributed by atoms with Gasteiger partial charge in [-0.05, 0) is 54.8 Å². The van der Waals surface area contributed by atoms with Gasteiger partial charge in [0.1, 0.15) is 5.75 Å². The number of ether oxygens (including phenoxy) is 1. The minimum atomic E-state index is -0.672. The van der Waals surface area contributed by atoms with E-state index < -0.39 is 5.54 Å². The predicted octanol–water partition coefficient (Wildman–Crippen LogP) is 4.12. The molecule has 6 heteroatoms. The number of halogens is 1. The molecule has 25 heavy (non-hydrogen) atoms. The minimum Gasteiger partial charge on any atom is -0.497 e. The molecule has 0 aliphatic heterocycles. The van der Waals surface area contributed by atoms with Crippen LogP contribution in [0.3, 0.4) is 0 Å². The van der Waals surface area contributed by atoms with Crippen molar-refractivity contribution in [2.45, 2.75) is 44.2 Å². The normalized spacial score (nSPS) is 15.9. The van der Waals surface area contributed by atoms with Crippen LogP contribution in [0.4, 0.5) is 0 Å². The van der Waals surface area contributed by atoms with E-state index in [4.69, 9.17) is 10.5 Å². The number of nitrogens with two attached hydrogens (primary N) is 1. The molecule has 1 aromatic carbocycles. The molecule has 1 aromatic heterocycles. The van der Waals surface area contributed by atoms with Gasteiger partial charge < -0.3 is 15.8 Å². The zero-order valence-electron chi connectivity index (χ0n) is 14.4. The van der Waals surface area contributed by atoms with Gasteiger partial charge in [0.2, 0.25) is 5.91 Å². The van der Waals surface area contributed by atoms with Crippen molar-refractivity contribution in [3.05, 3.63) is 41.3 Å². The molecule has 4 nitrogen and oxygen atoms in total. The smallest absolute Gasteiger partial charge is 0.240 e. The summed E-state index contributed by atoms with van der Waals surface area (Å²) in [6.07, 6.45) is 4.86. The third kappa shape index (κ3) is 4.75. The van der Waals surface area contributed by atoms with E-state index in [0.29, 0.717) is 6.54 Å². The molecule has 0 spiro atoms. The van der Waals surface area contributed by atoms with Crippen LogP contribution in [0.2, 0.25) is 0 Å². The molecule has 0 saturated heterocycles. The van der Waals surface area contributed by atoms with Crippen LogP contribution >= 0.6 is 23.7 Å². The molecule has 2 aromatic rings. The van der Waals surface area contributed by atoms with Gasteiger partial charge in [-0.25, -0.2) is 0 Å². The highest BCUT2D eigenvalue weighted by Crippen LogP contribution is 2.30. The maximum absolute atomic E-state index is 12.4. The number of carbonyl (C=O) groups is 1. The summed E-state index contributed by atoms with van der Waals surface area (Å²) in [5, 5.41) is 3.02. The largest absolute Gasteiger partial charge is 0.497 e. The summed E-state index contributed by atoms with van der Waals surface area (Å²) in [6.45, 7) is 0.540. The zero-order chi connectivity index (χ0) is 17.0. The minimum absolute atomic E-state index is 0. The lowest BCUT2D eigenvalue weighted by Gasteiger charge is -2.31.